The highest BCUT2D eigenvalue weighted by Crippen LogP contribution is 2.13. The molecule has 4 heteroatoms. The summed E-state index contributed by atoms with van der Waals surface area (Å²) in [5, 5.41) is 3.07. The van der Waals surface area contributed by atoms with Crippen LogP contribution in [0, 0.1) is 19.7 Å². The Balaban J connectivity index is 1.89. The van der Waals surface area contributed by atoms with Crippen molar-refractivity contribution in [3.63, 3.8) is 0 Å². The summed E-state index contributed by atoms with van der Waals surface area (Å²) in [6.45, 7) is 4.69. The minimum absolute atomic E-state index is 0.224. The van der Waals surface area contributed by atoms with Crippen molar-refractivity contribution in [2.75, 3.05) is 11.9 Å². The summed E-state index contributed by atoms with van der Waals surface area (Å²) in [5.74, 6) is 0.165. The van der Waals surface area contributed by atoms with Crippen LogP contribution in [0.2, 0.25) is 0 Å². The van der Waals surface area contributed by atoms with E-state index >= 15 is 0 Å². The van der Waals surface area contributed by atoms with Gasteiger partial charge in [0.15, 0.2) is 5.96 Å². The van der Waals surface area contributed by atoms with Gasteiger partial charge >= 0.3 is 0 Å². The van der Waals surface area contributed by atoms with E-state index < -0.39 is 0 Å². The molecule has 0 aromatic heterocycles. The number of nitrogens with zero attached hydrogens (tertiary/aromatic N) is 1. The molecule has 0 saturated carbocycles. The molecular weight excluding hydrogens is 265 g/mol. The summed E-state index contributed by atoms with van der Waals surface area (Å²) in [4.78, 5) is 4.28. The molecule has 3 N–H and O–H groups in total. The Bertz CT molecular complexity index is 633. The fourth-order valence-electron chi connectivity index (χ4n) is 1.96. The van der Waals surface area contributed by atoms with Crippen molar-refractivity contribution >= 4 is 11.6 Å². The topological polar surface area (TPSA) is 50.4 Å². The van der Waals surface area contributed by atoms with E-state index in [0.717, 1.165) is 17.7 Å². The second kappa shape index (κ2) is 6.88. The Labute approximate surface area is 124 Å². The van der Waals surface area contributed by atoms with Crippen molar-refractivity contribution in [2.45, 2.75) is 20.3 Å². The minimum atomic E-state index is -0.224. The van der Waals surface area contributed by atoms with Gasteiger partial charge in [-0.05, 0) is 61.2 Å². The third kappa shape index (κ3) is 4.60. The van der Waals surface area contributed by atoms with Gasteiger partial charge in [0.05, 0.1) is 0 Å². The zero-order valence-corrected chi connectivity index (χ0v) is 12.4. The summed E-state index contributed by atoms with van der Waals surface area (Å²) in [6.07, 6.45) is 0.732. The van der Waals surface area contributed by atoms with E-state index in [1.807, 2.05) is 18.2 Å². The lowest BCUT2D eigenvalue weighted by Gasteiger charge is -2.08. The summed E-state index contributed by atoms with van der Waals surface area (Å²) < 4.78 is 12.8. The second-order valence-corrected chi connectivity index (χ2v) is 5.07. The molecule has 0 radical (unpaired) electrons. The molecule has 0 saturated heterocycles. The molecule has 0 aliphatic carbocycles. The lowest BCUT2D eigenvalue weighted by Crippen LogP contribution is -2.23. The van der Waals surface area contributed by atoms with Gasteiger partial charge in [0.1, 0.15) is 5.82 Å². The van der Waals surface area contributed by atoms with Crippen molar-refractivity contribution in [3.8, 4) is 0 Å². The van der Waals surface area contributed by atoms with E-state index in [0.29, 0.717) is 12.5 Å². The molecule has 0 heterocycles. The number of nitrogens with two attached hydrogens (primary N) is 1. The van der Waals surface area contributed by atoms with Crippen LogP contribution in [0.4, 0.5) is 10.1 Å². The number of rotatable bonds is 4. The van der Waals surface area contributed by atoms with Gasteiger partial charge in [0, 0.05) is 12.2 Å². The van der Waals surface area contributed by atoms with Crippen molar-refractivity contribution in [1.82, 2.24) is 0 Å². The Kier molecular flexibility index (Phi) is 4.93. The fourth-order valence-corrected chi connectivity index (χ4v) is 1.96. The normalized spacial score (nSPS) is 11.5. The smallest absolute Gasteiger partial charge is 0.193 e. The van der Waals surface area contributed by atoms with E-state index in [4.69, 9.17) is 5.73 Å². The van der Waals surface area contributed by atoms with Gasteiger partial charge in [0.25, 0.3) is 0 Å². The maximum atomic E-state index is 12.8. The van der Waals surface area contributed by atoms with Crippen LogP contribution >= 0.6 is 0 Å². The molecule has 0 spiro atoms. The number of benzene rings is 2. The molecule has 3 nitrogen and oxygen atoms in total. The summed E-state index contributed by atoms with van der Waals surface area (Å²) in [6, 6.07) is 12.5. The summed E-state index contributed by atoms with van der Waals surface area (Å²) in [7, 11) is 0. The minimum Gasteiger partial charge on any atom is -0.370 e. The Morgan fingerprint density at radius 2 is 1.81 bits per heavy atom. The van der Waals surface area contributed by atoms with Crippen LogP contribution in [0.1, 0.15) is 16.7 Å². The van der Waals surface area contributed by atoms with Crippen LogP contribution in [0.5, 0.6) is 0 Å². The second-order valence-electron chi connectivity index (χ2n) is 5.07. The number of aryl methyl sites for hydroxylation is 2. The Morgan fingerprint density at radius 1 is 1.10 bits per heavy atom. The average Bonchev–Trinajstić information content (AvgIpc) is 2.45. The molecule has 0 fully saturated rings. The predicted octanol–water partition coefficient (Wildman–Crippen LogP) is 3.41. The molecule has 110 valence electrons. The lowest BCUT2D eigenvalue weighted by atomic mass is 10.1. The van der Waals surface area contributed by atoms with Crippen molar-refractivity contribution < 1.29 is 4.39 Å². The van der Waals surface area contributed by atoms with Crippen LogP contribution in [-0.2, 0) is 6.42 Å². The molecule has 2 aromatic carbocycles. The van der Waals surface area contributed by atoms with Crippen LogP contribution in [0.3, 0.4) is 0 Å². The van der Waals surface area contributed by atoms with E-state index in [1.54, 1.807) is 12.1 Å². The van der Waals surface area contributed by atoms with Crippen LogP contribution in [0.15, 0.2) is 47.5 Å². The van der Waals surface area contributed by atoms with Gasteiger partial charge in [-0.2, -0.15) is 0 Å². The molecule has 2 rings (SSSR count). The molecular formula is C17H20FN3. The zero-order valence-electron chi connectivity index (χ0n) is 12.4. The number of anilines is 1. The maximum Gasteiger partial charge on any atom is 0.193 e. The SMILES string of the molecule is Cc1ccc(NC(N)=NCCc2ccc(F)cc2)cc1C. The van der Waals surface area contributed by atoms with E-state index in [9.17, 15) is 4.39 Å². The quantitative estimate of drug-likeness (QED) is 0.668. The first kappa shape index (κ1) is 15.0. The predicted molar refractivity (Wildman–Crippen MR) is 86.1 cm³/mol. The molecule has 0 unspecified atom stereocenters. The largest absolute Gasteiger partial charge is 0.370 e. The summed E-state index contributed by atoms with van der Waals surface area (Å²) >= 11 is 0. The number of aliphatic imine (C=N–C) groups is 1. The molecule has 0 aliphatic rings. The first-order chi connectivity index (χ1) is 10.0. The van der Waals surface area contributed by atoms with E-state index in [-0.39, 0.29) is 5.82 Å². The van der Waals surface area contributed by atoms with Crippen LogP contribution < -0.4 is 11.1 Å². The first-order valence-electron chi connectivity index (χ1n) is 6.93. The molecule has 0 bridgehead atoms. The molecule has 21 heavy (non-hydrogen) atoms. The molecule has 0 amide bonds. The molecule has 0 aliphatic heterocycles. The van der Waals surface area contributed by atoms with Gasteiger partial charge in [-0.15, -0.1) is 0 Å². The van der Waals surface area contributed by atoms with E-state index in [2.05, 4.69) is 24.2 Å². The highest BCUT2D eigenvalue weighted by molar-refractivity contribution is 5.92. The number of guanidine groups is 1. The first-order valence-corrected chi connectivity index (χ1v) is 6.93. The monoisotopic (exact) mass is 285 g/mol. The Hall–Kier alpha value is -2.36. The number of hydrogen-bond acceptors (Lipinski definition) is 1. The average molecular weight is 285 g/mol. The van der Waals surface area contributed by atoms with Gasteiger partial charge in [-0.3, -0.25) is 4.99 Å². The number of hydrogen-bond donors (Lipinski definition) is 2. The Morgan fingerprint density at radius 3 is 2.48 bits per heavy atom. The third-order valence-electron chi connectivity index (χ3n) is 3.38. The third-order valence-corrected chi connectivity index (χ3v) is 3.38. The van der Waals surface area contributed by atoms with Crippen LogP contribution in [0.25, 0.3) is 0 Å². The number of halogens is 1. The van der Waals surface area contributed by atoms with Crippen molar-refractivity contribution in [1.29, 1.82) is 0 Å². The molecule has 2 aromatic rings. The number of nitrogens with one attached hydrogen (secondary N) is 1. The highest BCUT2D eigenvalue weighted by atomic mass is 19.1. The highest BCUT2D eigenvalue weighted by Gasteiger charge is 1.98. The van der Waals surface area contributed by atoms with Crippen molar-refractivity contribution in [2.24, 2.45) is 10.7 Å². The maximum absolute atomic E-state index is 12.8. The van der Waals surface area contributed by atoms with Crippen LogP contribution in [-0.4, -0.2) is 12.5 Å². The molecule has 0 atom stereocenters. The van der Waals surface area contributed by atoms with Gasteiger partial charge in [0.2, 0.25) is 0 Å². The van der Waals surface area contributed by atoms with E-state index in [1.165, 1.54) is 23.3 Å². The van der Waals surface area contributed by atoms with Gasteiger partial charge in [-0.1, -0.05) is 18.2 Å². The zero-order chi connectivity index (χ0) is 15.2. The van der Waals surface area contributed by atoms with Gasteiger partial charge < -0.3 is 11.1 Å². The summed E-state index contributed by atoms with van der Waals surface area (Å²) in [5.41, 5.74) is 10.3. The van der Waals surface area contributed by atoms with Gasteiger partial charge in [-0.25, -0.2) is 4.39 Å². The standard InChI is InChI=1S/C17H20FN3/c1-12-3-8-16(11-13(12)2)21-17(19)20-10-9-14-4-6-15(18)7-5-14/h3-8,11H,9-10H2,1-2H3,(H3,19,20,21). The lowest BCUT2D eigenvalue weighted by molar-refractivity contribution is 0.627. The fraction of sp³-hybridized carbons (Fsp3) is 0.235. The van der Waals surface area contributed by atoms with Crippen molar-refractivity contribution in [3.05, 3.63) is 65.0 Å².